The van der Waals surface area contributed by atoms with Gasteiger partial charge >= 0.3 is 0 Å². The zero-order chi connectivity index (χ0) is 12.4. The van der Waals surface area contributed by atoms with Crippen molar-refractivity contribution in [2.75, 3.05) is 5.73 Å². The second kappa shape index (κ2) is 4.28. The Morgan fingerprint density at radius 2 is 2.35 bits per heavy atom. The molecule has 0 aliphatic rings. The topological polar surface area (TPSA) is 110 Å². The summed E-state index contributed by atoms with van der Waals surface area (Å²) in [6, 6.07) is 0.0415. The van der Waals surface area contributed by atoms with Gasteiger partial charge in [-0.2, -0.15) is 0 Å². The van der Waals surface area contributed by atoms with E-state index in [9.17, 15) is 4.79 Å². The van der Waals surface area contributed by atoms with Crippen LogP contribution in [-0.2, 0) is 0 Å². The number of hydrogen-bond acceptors (Lipinski definition) is 5. The third-order valence-electron chi connectivity index (χ3n) is 2.04. The number of nitrogens with two attached hydrogens (primary N) is 1. The Labute approximate surface area is 97.4 Å². The van der Waals surface area contributed by atoms with E-state index in [0.717, 1.165) is 0 Å². The Balaban J connectivity index is 2.22. The van der Waals surface area contributed by atoms with E-state index in [-0.39, 0.29) is 29.4 Å². The van der Waals surface area contributed by atoms with Crippen LogP contribution >= 0.6 is 0 Å². The van der Waals surface area contributed by atoms with E-state index in [1.165, 1.54) is 12.6 Å². The SMILES string of the molecule is CC(C)NC(=O)c1coc(-c2[nH]cnc2N)n1. The second-order valence-corrected chi connectivity index (χ2v) is 3.83. The highest BCUT2D eigenvalue weighted by Crippen LogP contribution is 2.20. The van der Waals surface area contributed by atoms with Gasteiger partial charge in [0.05, 0.1) is 6.33 Å². The first kappa shape index (κ1) is 11.2. The summed E-state index contributed by atoms with van der Waals surface area (Å²) in [4.78, 5) is 22.3. The smallest absolute Gasteiger partial charge is 0.273 e. The quantitative estimate of drug-likeness (QED) is 0.728. The van der Waals surface area contributed by atoms with Crippen molar-refractivity contribution in [2.45, 2.75) is 19.9 Å². The number of hydrogen-bond donors (Lipinski definition) is 3. The lowest BCUT2D eigenvalue weighted by molar-refractivity contribution is 0.0938. The van der Waals surface area contributed by atoms with Gasteiger partial charge in [-0.1, -0.05) is 0 Å². The van der Waals surface area contributed by atoms with Gasteiger partial charge in [-0.25, -0.2) is 9.97 Å². The number of nitrogens with one attached hydrogen (secondary N) is 2. The van der Waals surface area contributed by atoms with Crippen LogP contribution in [0.3, 0.4) is 0 Å². The van der Waals surface area contributed by atoms with Crippen LogP contribution in [0, 0.1) is 0 Å². The van der Waals surface area contributed by atoms with Crippen LogP contribution in [-0.4, -0.2) is 26.9 Å². The van der Waals surface area contributed by atoms with E-state index in [4.69, 9.17) is 10.2 Å². The molecule has 2 aromatic rings. The Hall–Kier alpha value is -2.31. The molecule has 0 atom stereocenters. The molecule has 0 saturated heterocycles. The molecule has 0 aliphatic heterocycles. The highest BCUT2D eigenvalue weighted by Gasteiger charge is 2.16. The molecule has 0 aromatic carbocycles. The van der Waals surface area contributed by atoms with Gasteiger partial charge in [-0.15, -0.1) is 0 Å². The van der Waals surface area contributed by atoms with Crippen LogP contribution < -0.4 is 11.1 Å². The third kappa shape index (κ3) is 2.27. The number of amides is 1. The van der Waals surface area contributed by atoms with Gasteiger partial charge in [0.15, 0.2) is 11.5 Å². The Morgan fingerprint density at radius 3 is 2.94 bits per heavy atom. The van der Waals surface area contributed by atoms with Crippen molar-refractivity contribution in [3.63, 3.8) is 0 Å². The van der Waals surface area contributed by atoms with Crippen LogP contribution in [0.2, 0.25) is 0 Å². The van der Waals surface area contributed by atoms with E-state index >= 15 is 0 Å². The van der Waals surface area contributed by atoms with E-state index in [1.807, 2.05) is 13.8 Å². The van der Waals surface area contributed by atoms with Crippen LogP contribution in [0.1, 0.15) is 24.3 Å². The monoisotopic (exact) mass is 235 g/mol. The lowest BCUT2D eigenvalue weighted by atomic mass is 10.3. The van der Waals surface area contributed by atoms with Gasteiger partial charge in [0.1, 0.15) is 12.0 Å². The predicted molar refractivity (Wildman–Crippen MR) is 61.1 cm³/mol. The summed E-state index contributed by atoms with van der Waals surface area (Å²) in [6.45, 7) is 3.73. The molecule has 90 valence electrons. The van der Waals surface area contributed by atoms with Crippen molar-refractivity contribution in [3.05, 3.63) is 18.3 Å². The maximum Gasteiger partial charge on any atom is 0.273 e. The fraction of sp³-hybridized carbons (Fsp3) is 0.300. The van der Waals surface area contributed by atoms with Crippen LogP contribution in [0.25, 0.3) is 11.6 Å². The second-order valence-electron chi connectivity index (χ2n) is 3.83. The fourth-order valence-corrected chi connectivity index (χ4v) is 1.31. The molecule has 0 aliphatic carbocycles. The summed E-state index contributed by atoms with van der Waals surface area (Å²) in [5, 5.41) is 2.71. The van der Waals surface area contributed by atoms with E-state index in [1.54, 1.807) is 0 Å². The molecule has 7 nitrogen and oxygen atoms in total. The average molecular weight is 235 g/mol. The van der Waals surface area contributed by atoms with Gasteiger partial charge < -0.3 is 20.5 Å². The number of carbonyl (C=O) groups excluding carboxylic acids is 1. The molecule has 0 bridgehead atoms. The first-order valence-corrected chi connectivity index (χ1v) is 5.13. The van der Waals surface area contributed by atoms with Gasteiger partial charge in [-0.3, -0.25) is 4.79 Å². The molecule has 0 saturated carbocycles. The van der Waals surface area contributed by atoms with Crippen molar-refractivity contribution in [2.24, 2.45) is 0 Å². The molecule has 4 N–H and O–H groups in total. The molecule has 0 fully saturated rings. The molecule has 7 heteroatoms. The van der Waals surface area contributed by atoms with Crippen LogP contribution in [0.15, 0.2) is 17.0 Å². The van der Waals surface area contributed by atoms with Crippen LogP contribution in [0.5, 0.6) is 0 Å². The molecular formula is C10H13N5O2. The van der Waals surface area contributed by atoms with Gasteiger partial charge in [0.2, 0.25) is 5.89 Å². The van der Waals surface area contributed by atoms with E-state index in [2.05, 4.69) is 20.3 Å². The largest absolute Gasteiger partial charge is 0.442 e. The molecule has 2 rings (SSSR count). The Kier molecular flexibility index (Phi) is 2.82. The van der Waals surface area contributed by atoms with Crippen LogP contribution in [0.4, 0.5) is 5.82 Å². The molecular weight excluding hydrogens is 222 g/mol. The highest BCUT2D eigenvalue weighted by atomic mass is 16.3. The van der Waals surface area contributed by atoms with E-state index in [0.29, 0.717) is 5.69 Å². The average Bonchev–Trinajstić information content (AvgIpc) is 2.84. The summed E-state index contributed by atoms with van der Waals surface area (Å²) in [5.74, 6) is 0.240. The molecule has 17 heavy (non-hydrogen) atoms. The van der Waals surface area contributed by atoms with Crippen molar-refractivity contribution >= 4 is 11.7 Å². The molecule has 0 radical (unpaired) electrons. The molecule has 2 aromatic heterocycles. The lowest BCUT2D eigenvalue weighted by Gasteiger charge is -2.04. The van der Waals surface area contributed by atoms with Crippen molar-refractivity contribution < 1.29 is 9.21 Å². The maximum atomic E-state index is 11.6. The first-order chi connectivity index (χ1) is 8.08. The number of anilines is 1. The number of nitrogen functional groups attached to an aromatic ring is 1. The number of carbonyl (C=O) groups is 1. The minimum absolute atomic E-state index is 0.0415. The highest BCUT2D eigenvalue weighted by molar-refractivity contribution is 5.92. The number of nitrogens with zero attached hydrogens (tertiary/aromatic N) is 2. The van der Waals surface area contributed by atoms with Crippen molar-refractivity contribution in [3.8, 4) is 11.6 Å². The number of rotatable bonds is 3. The summed E-state index contributed by atoms with van der Waals surface area (Å²) in [6.07, 6.45) is 2.72. The predicted octanol–water partition coefficient (Wildman–Crippen LogP) is 0.785. The van der Waals surface area contributed by atoms with Crippen molar-refractivity contribution in [1.29, 1.82) is 0 Å². The van der Waals surface area contributed by atoms with Gasteiger partial charge in [-0.05, 0) is 13.8 Å². The lowest BCUT2D eigenvalue weighted by Crippen LogP contribution is -2.30. The molecule has 2 heterocycles. The first-order valence-electron chi connectivity index (χ1n) is 5.13. The third-order valence-corrected chi connectivity index (χ3v) is 2.04. The minimum atomic E-state index is -0.284. The fourth-order valence-electron chi connectivity index (χ4n) is 1.31. The summed E-state index contributed by atoms with van der Waals surface area (Å²) in [5.41, 5.74) is 6.27. The van der Waals surface area contributed by atoms with Gasteiger partial charge in [0, 0.05) is 6.04 Å². The zero-order valence-electron chi connectivity index (χ0n) is 9.52. The van der Waals surface area contributed by atoms with Gasteiger partial charge in [0.25, 0.3) is 5.91 Å². The summed E-state index contributed by atoms with van der Waals surface area (Å²) < 4.78 is 5.17. The van der Waals surface area contributed by atoms with E-state index < -0.39 is 0 Å². The number of H-pyrrole nitrogens is 1. The molecule has 1 amide bonds. The number of aromatic nitrogens is 3. The number of imidazole rings is 1. The maximum absolute atomic E-state index is 11.6. The standard InChI is InChI=1S/C10H13N5O2/c1-5(2)14-9(16)6-3-17-10(15-6)7-8(11)13-4-12-7/h3-5H,11H2,1-2H3,(H,12,13)(H,14,16). The normalized spacial score (nSPS) is 10.8. The number of aromatic amines is 1. The Bertz CT molecular complexity index is 528. The molecule has 0 unspecified atom stereocenters. The summed E-state index contributed by atoms with van der Waals surface area (Å²) >= 11 is 0. The van der Waals surface area contributed by atoms with Crippen molar-refractivity contribution in [1.82, 2.24) is 20.3 Å². The Morgan fingerprint density at radius 1 is 1.59 bits per heavy atom. The minimum Gasteiger partial charge on any atom is -0.442 e. The zero-order valence-corrected chi connectivity index (χ0v) is 9.52. The number of oxazole rings is 1. The summed E-state index contributed by atoms with van der Waals surface area (Å²) in [7, 11) is 0. The molecule has 0 spiro atoms.